The van der Waals surface area contributed by atoms with Crippen molar-refractivity contribution in [1.82, 2.24) is 14.1 Å². The summed E-state index contributed by atoms with van der Waals surface area (Å²) < 4.78 is 55.9. The quantitative estimate of drug-likeness (QED) is 0.440. The van der Waals surface area contributed by atoms with Gasteiger partial charge in [-0.1, -0.05) is 48.5 Å². The van der Waals surface area contributed by atoms with Gasteiger partial charge in [0, 0.05) is 37.0 Å². The normalized spacial score (nSPS) is 11.7. The van der Waals surface area contributed by atoms with Crippen LogP contribution in [0.1, 0.15) is 5.56 Å². The van der Waals surface area contributed by atoms with Crippen LogP contribution in [0.15, 0.2) is 90.0 Å². The molecule has 0 atom stereocenters. The van der Waals surface area contributed by atoms with E-state index in [0.717, 1.165) is 27.7 Å². The molecule has 1 aromatic heterocycles. The number of nitrogens with zero attached hydrogens (tertiary/aromatic N) is 3. The lowest BCUT2D eigenvalue weighted by Gasteiger charge is -2.17. The molecule has 0 N–H and O–H groups in total. The fourth-order valence-corrected chi connectivity index (χ4v) is 4.44. The summed E-state index contributed by atoms with van der Waals surface area (Å²) in [6.07, 6.45) is 1.75. The predicted molar refractivity (Wildman–Crippen MR) is 114 cm³/mol. The number of aromatic nitrogens is 2. The van der Waals surface area contributed by atoms with Gasteiger partial charge in [-0.2, -0.15) is 9.40 Å². The zero-order valence-corrected chi connectivity index (χ0v) is 17.4. The Labute approximate surface area is 179 Å². The van der Waals surface area contributed by atoms with Gasteiger partial charge in [-0.25, -0.2) is 21.9 Å². The molecule has 0 aliphatic rings. The second-order valence-electron chi connectivity index (χ2n) is 6.98. The van der Waals surface area contributed by atoms with E-state index >= 15 is 0 Å². The van der Waals surface area contributed by atoms with Crippen LogP contribution in [0.2, 0.25) is 0 Å². The van der Waals surface area contributed by atoms with Gasteiger partial charge < -0.3 is 0 Å². The summed E-state index contributed by atoms with van der Waals surface area (Å²) >= 11 is 0. The van der Waals surface area contributed by atoms with Gasteiger partial charge in [0.2, 0.25) is 10.0 Å². The van der Waals surface area contributed by atoms with Gasteiger partial charge in [0.25, 0.3) is 0 Å². The maximum atomic E-state index is 14.2. The van der Waals surface area contributed by atoms with E-state index in [9.17, 15) is 17.2 Å². The minimum atomic E-state index is -4.18. The van der Waals surface area contributed by atoms with Crippen molar-refractivity contribution in [2.24, 2.45) is 0 Å². The summed E-state index contributed by atoms with van der Waals surface area (Å²) in [6, 6.07) is 21.2. The first-order valence-corrected chi connectivity index (χ1v) is 10.9. The van der Waals surface area contributed by atoms with Gasteiger partial charge >= 0.3 is 0 Å². The molecular weight excluding hydrogens is 420 g/mol. The predicted octanol–water partition coefficient (Wildman–Crippen LogP) is 4.64. The van der Waals surface area contributed by atoms with Gasteiger partial charge in [-0.15, -0.1) is 0 Å². The van der Waals surface area contributed by atoms with Crippen molar-refractivity contribution in [2.45, 2.75) is 11.4 Å². The molecule has 0 aliphatic carbocycles. The van der Waals surface area contributed by atoms with E-state index in [1.807, 2.05) is 60.7 Å². The minimum Gasteiger partial charge on any atom is -0.240 e. The third-order valence-corrected chi connectivity index (χ3v) is 6.67. The molecule has 0 bridgehead atoms. The summed E-state index contributed by atoms with van der Waals surface area (Å²) in [4.78, 5) is -0.576. The lowest BCUT2D eigenvalue weighted by Crippen LogP contribution is -2.27. The van der Waals surface area contributed by atoms with E-state index in [1.54, 1.807) is 10.9 Å². The van der Waals surface area contributed by atoms with Gasteiger partial charge in [-0.05, 0) is 24.3 Å². The van der Waals surface area contributed by atoms with E-state index < -0.39 is 26.6 Å². The van der Waals surface area contributed by atoms with Crippen molar-refractivity contribution in [2.75, 3.05) is 7.05 Å². The highest BCUT2D eigenvalue weighted by Gasteiger charge is 2.26. The summed E-state index contributed by atoms with van der Waals surface area (Å²) in [5.74, 6) is -1.97. The number of halogens is 2. The number of hydrogen-bond donors (Lipinski definition) is 0. The Morgan fingerprint density at radius 2 is 1.58 bits per heavy atom. The van der Waals surface area contributed by atoms with Crippen molar-refractivity contribution < 1.29 is 17.2 Å². The fourth-order valence-electron chi connectivity index (χ4n) is 3.25. The third-order valence-electron chi connectivity index (χ3n) is 4.83. The third kappa shape index (κ3) is 4.26. The van der Waals surface area contributed by atoms with Crippen molar-refractivity contribution in [1.29, 1.82) is 0 Å². The van der Waals surface area contributed by atoms with E-state index in [-0.39, 0.29) is 6.54 Å². The molecule has 8 heteroatoms. The molecular formula is C23H19F2N3O2S. The minimum absolute atomic E-state index is 0.0454. The molecule has 31 heavy (non-hydrogen) atoms. The van der Waals surface area contributed by atoms with Crippen molar-refractivity contribution >= 4 is 10.0 Å². The molecule has 0 unspecified atom stereocenters. The summed E-state index contributed by atoms with van der Waals surface area (Å²) in [7, 11) is -2.83. The lowest BCUT2D eigenvalue weighted by molar-refractivity contribution is 0.459. The molecule has 1 heterocycles. The zero-order chi connectivity index (χ0) is 22.0. The second kappa shape index (κ2) is 8.41. The lowest BCUT2D eigenvalue weighted by atomic mass is 10.1. The summed E-state index contributed by atoms with van der Waals surface area (Å²) in [5, 5.41) is 4.66. The molecule has 0 aliphatic heterocycles. The number of hydrogen-bond acceptors (Lipinski definition) is 3. The monoisotopic (exact) mass is 439 g/mol. The van der Waals surface area contributed by atoms with Gasteiger partial charge in [0.15, 0.2) is 0 Å². The van der Waals surface area contributed by atoms with Gasteiger partial charge in [-0.3, -0.25) is 0 Å². The Morgan fingerprint density at radius 3 is 2.23 bits per heavy atom. The molecule has 3 aromatic carbocycles. The topological polar surface area (TPSA) is 55.2 Å². The van der Waals surface area contributed by atoms with Crippen molar-refractivity contribution in [3.05, 3.63) is 102 Å². The van der Waals surface area contributed by atoms with Gasteiger partial charge in [0.05, 0.1) is 11.4 Å². The maximum Gasteiger partial charge on any atom is 0.246 e. The first-order chi connectivity index (χ1) is 14.9. The van der Waals surface area contributed by atoms with Crippen molar-refractivity contribution in [3.63, 3.8) is 0 Å². The first-order valence-electron chi connectivity index (χ1n) is 9.47. The van der Waals surface area contributed by atoms with Crippen LogP contribution in [0.25, 0.3) is 16.9 Å². The van der Waals surface area contributed by atoms with Crippen LogP contribution >= 0.6 is 0 Å². The largest absolute Gasteiger partial charge is 0.246 e. The average Bonchev–Trinajstić information content (AvgIpc) is 3.18. The molecule has 0 radical (unpaired) electrons. The number of benzene rings is 3. The van der Waals surface area contributed by atoms with Crippen LogP contribution in [0.3, 0.4) is 0 Å². The molecule has 4 rings (SSSR count). The van der Waals surface area contributed by atoms with Crippen LogP contribution in [0, 0.1) is 11.6 Å². The maximum absolute atomic E-state index is 14.2. The van der Waals surface area contributed by atoms with Gasteiger partial charge in [0.1, 0.15) is 16.5 Å². The highest BCUT2D eigenvalue weighted by atomic mass is 32.2. The molecule has 0 saturated carbocycles. The van der Waals surface area contributed by atoms with Crippen LogP contribution in [-0.2, 0) is 16.6 Å². The molecule has 0 fully saturated rings. The van der Waals surface area contributed by atoms with Crippen LogP contribution in [-0.4, -0.2) is 29.6 Å². The SMILES string of the molecule is CN(Cc1cn(-c2ccccc2)nc1-c1ccccc1)S(=O)(=O)c1ccc(F)cc1F. The molecule has 4 aromatic rings. The average molecular weight is 439 g/mol. The fraction of sp³-hybridized carbons (Fsp3) is 0.0870. The molecule has 0 spiro atoms. The summed E-state index contributed by atoms with van der Waals surface area (Å²) in [5.41, 5.74) is 2.90. The van der Waals surface area contributed by atoms with E-state index in [0.29, 0.717) is 17.3 Å². The Kier molecular flexibility index (Phi) is 5.67. The Hall–Kier alpha value is -3.36. The summed E-state index contributed by atoms with van der Waals surface area (Å²) in [6.45, 7) is -0.0454. The molecule has 158 valence electrons. The van der Waals surface area contributed by atoms with Crippen LogP contribution < -0.4 is 0 Å². The Bertz CT molecular complexity index is 1310. The Morgan fingerprint density at radius 1 is 0.935 bits per heavy atom. The zero-order valence-electron chi connectivity index (χ0n) is 16.6. The Balaban J connectivity index is 1.74. The highest BCUT2D eigenvalue weighted by molar-refractivity contribution is 7.89. The number of rotatable bonds is 6. The smallest absolute Gasteiger partial charge is 0.240 e. The van der Waals surface area contributed by atoms with Crippen molar-refractivity contribution in [3.8, 4) is 16.9 Å². The van der Waals surface area contributed by atoms with E-state index in [1.165, 1.54) is 7.05 Å². The second-order valence-corrected chi connectivity index (χ2v) is 9.00. The standard InChI is InChI=1S/C23H19F2N3O2S/c1-27(31(29,30)22-13-12-19(24)14-21(22)25)15-18-16-28(20-10-6-3-7-11-20)26-23(18)17-8-4-2-5-9-17/h2-14,16H,15H2,1H3. The number of sulfonamides is 1. The molecule has 5 nitrogen and oxygen atoms in total. The molecule has 0 saturated heterocycles. The van der Waals surface area contributed by atoms with E-state index in [2.05, 4.69) is 5.10 Å². The first kappa shape index (κ1) is 20.9. The van der Waals surface area contributed by atoms with E-state index in [4.69, 9.17) is 0 Å². The number of para-hydroxylation sites is 1. The van der Waals surface area contributed by atoms with Crippen LogP contribution in [0.5, 0.6) is 0 Å². The molecule has 0 amide bonds. The van der Waals surface area contributed by atoms with Crippen LogP contribution in [0.4, 0.5) is 8.78 Å². The highest BCUT2D eigenvalue weighted by Crippen LogP contribution is 2.27.